The van der Waals surface area contributed by atoms with Crippen molar-refractivity contribution >= 4 is 5.78 Å². The SMILES string of the molecule is CN[C@@H](Cc1cc(C)c(F)c(F)c1)C(C)=O. The maximum Gasteiger partial charge on any atom is 0.161 e. The Kier molecular flexibility index (Phi) is 4.12. The van der Waals surface area contributed by atoms with E-state index in [1.165, 1.54) is 13.8 Å². The van der Waals surface area contributed by atoms with Crippen molar-refractivity contribution in [1.82, 2.24) is 5.32 Å². The van der Waals surface area contributed by atoms with Gasteiger partial charge in [0.1, 0.15) is 5.78 Å². The lowest BCUT2D eigenvalue weighted by Gasteiger charge is -2.13. The van der Waals surface area contributed by atoms with Gasteiger partial charge in [-0.15, -0.1) is 0 Å². The van der Waals surface area contributed by atoms with Gasteiger partial charge >= 0.3 is 0 Å². The third-order valence-corrected chi connectivity index (χ3v) is 2.55. The summed E-state index contributed by atoms with van der Waals surface area (Å²) >= 11 is 0. The average molecular weight is 227 g/mol. The summed E-state index contributed by atoms with van der Waals surface area (Å²) in [5, 5.41) is 2.84. The van der Waals surface area contributed by atoms with Crippen LogP contribution in [-0.2, 0) is 11.2 Å². The quantitative estimate of drug-likeness (QED) is 0.852. The number of halogens is 2. The molecule has 0 saturated carbocycles. The highest BCUT2D eigenvalue weighted by atomic mass is 19.2. The van der Waals surface area contributed by atoms with Crippen LogP contribution in [-0.4, -0.2) is 18.9 Å². The Morgan fingerprint density at radius 3 is 2.50 bits per heavy atom. The molecule has 0 aliphatic rings. The highest BCUT2D eigenvalue weighted by molar-refractivity contribution is 5.81. The van der Waals surface area contributed by atoms with Crippen molar-refractivity contribution in [2.24, 2.45) is 0 Å². The highest BCUT2D eigenvalue weighted by Gasteiger charge is 2.14. The lowest BCUT2D eigenvalue weighted by molar-refractivity contribution is -0.118. The summed E-state index contributed by atoms with van der Waals surface area (Å²) in [4.78, 5) is 11.2. The van der Waals surface area contributed by atoms with Gasteiger partial charge in [0.2, 0.25) is 0 Å². The van der Waals surface area contributed by atoms with Gasteiger partial charge in [0.25, 0.3) is 0 Å². The maximum atomic E-state index is 13.1. The van der Waals surface area contributed by atoms with Crippen molar-refractivity contribution in [3.63, 3.8) is 0 Å². The number of ketones is 1. The van der Waals surface area contributed by atoms with E-state index >= 15 is 0 Å². The largest absolute Gasteiger partial charge is 0.310 e. The molecule has 1 rings (SSSR count). The number of benzene rings is 1. The first kappa shape index (κ1) is 12.8. The summed E-state index contributed by atoms with van der Waals surface area (Å²) in [7, 11) is 1.67. The number of hydrogen-bond acceptors (Lipinski definition) is 2. The zero-order valence-electron chi connectivity index (χ0n) is 9.60. The van der Waals surface area contributed by atoms with Crippen LogP contribution in [0.15, 0.2) is 12.1 Å². The third kappa shape index (κ3) is 2.85. The van der Waals surface area contributed by atoms with E-state index < -0.39 is 11.6 Å². The number of hydrogen-bond donors (Lipinski definition) is 1. The van der Waals surface area contributed by atoms with Crippen LogP contribution in [0.4, 0.5) is 8.78 Å². The Morgan fingerprint density at radius 1 is 1.44 bits per heavy atom. The lowest BCUT2D eigenvalue weighted by Crippen LogP contribution is -2.34. The van der Waals surface area contributed by atoms with Gasteiger partial charge in [-0.05, 0) is 44.5 Å². The second kappa shape index (κ2) is 5.16. The lowest BCUT2D eigenvalue weighted by atomic mass is 10.0. The van der Waals surface area contributed by atoms with E-state index in [2.05, 4.69) is 5.32 Å². The molecule has 1 aromatic rings. The van der Waals surface area contributed by atoms with Gasteiger partial charge in [-0.2, -0.15) is 0 Å². The normalized spacial score (nSPS) is 12.6. The van der Waals surface area contributed by atoms with Gasteiger partial charge in [-0.1, -0.05) is 6.07 Å². The Morgan fingerprint density at radius 2 is 2.06 bits per heavy atom. The molecular formula is C12H15F2NO. The second-order valence-corrected chi connectivity index (χ2v) is 3.86. The predicted octanol–water partition coefficient (Wildman–Crippen LogP) is 1.99. The van der Waals surface area contributed by atoms with Gasteiger partial charge in [-0.25, -0.2) is 8.78 Å². The molecule has 1 aromatic carbocycles. The van der Waals surface area contributed by atoms with Crippen molar-refractivity contribution in [1.29, 1.82) is 0 Å². The van der Waals surface area contributed by atoms with Crippen molar-refractivity contribution in [2.75, 3.05) is 7.05 Å². The predicted molar refractivity (Wildman–Crippen MR) is 58.3 cm³/mol. The van der Waals surface area contributed by atoms with Crippen LogP contribution in [0.5, 0.6) is 0 Å². The van der Waals surface area contributed by atoms with E-state index in [9.17, 15) is 13.6 Å². The summed E-state index contributed by atoms with van der Waals surface area (Å²) in [6, 6.07) is 2.34. The summed E-state index contributed by atoms with van der Waals surface area (Å²) < 4.78 is 26.1. The minimum absolute atomic E-state index is 0.0233. The number of aryl methyl sites for hydroxylation is 1. The fraction of sp³-hybridized carbons (Fsp3) is 0.417. The molecule has 1 N–H and O–H groups in total. The van der Waals surface area contributed by atoms with E-state index in [-0.39, 0.29) is 17.4 Å². The molecule has 0 spiro atoms. The first-order valence-electron chi connectivity index (χ1n) is 5.08. The van der Waals surface area contributed by atoms with Crippen LogP contribution in [0.3, 0.4) is 0 Å². The fourth-order valence-corrected chi connectivity index (χ4v) is 1.60. The molecular weight excluding hydrogens is 212 g/mol. The molecule has 0 heterocycles. The van der Waals surface area contributed by atoms with Gasteiger partial charge in [0, 0.05) is 0 Å². The molecule has 0 unspecified atom stereocenters. The van der Waals surface area contributed by atoms with Crippen LogP contribution >= 0.6 is 0 Å². The maximum absolute atomic E-state index is 13.1. The van der Waals surface area contributed by atoms with Gasteiger partial charge in [0.15, 0.2) is 11.6 Å². The van der Waals surface area contributed by atoms with Gasteiger partial charge in [0.05, 0.1) is 6.04 Å². The molecule has 0 aliphatic heterocycles. The third-order valence-electron chi connectivity index (χ3n) is 2.55. The van der Waals surface area contributed by atoms with Crippen molar-refractivity contribution < 1.29 is 13.6 Å². The summed E-state index contributed by atoms with van der Waals surface area (Å²) in [6.45, 7) is 2.97. The molecule has 0 bridgehead atoms. The smallest absolute Gasteiger partial charge is 0.161 e. The van der Waals surface area contributed by atoms with Crippen LogP contribution in [0.1, 0.15) is 18.1 Å². The monoisotopic (exact) mass is 227 g/mol. The molecule has 0 radical (unpaired) electrons. The first-order chi connectivity index (χ1) is 7.45. The number of nitrogens with one attached hydrogen (secondary N) is 1. The summed E-state index contributed by atoms with van der Waals surface area (Å²) in [5.74, 6) is -1.72. The van der Waals surface area contributed by atoms with Crippen molar-refractivity contribution in [2.45, 2.75) is 26.3 Å². The zero-order chi connectivity index (χ0) is 12.3. The molecule has 0 fully saturated rings. The van der Waals surface area contributed by atoms with Crippen LogP contribution in [0, 0.1) is 18.6 Å². The van der Waals surface area contributed by atoms with Gasteiger partial charge < -0.3 is 5.32 Å². The van der Waals surface area contributed by atoms with Crippen molar-refractivity contribution in [3.05, 3.63) is 34.9 Å². The van der Waals surface area contributed by atoms with Crippen LogP contribution < -0.4 is 5.32 Å². The minimum Gasteiger partial charge on any atom is -0.310 e. The molecule has 4 heteroatoms. The van der Waals surface area contributed by atoms with E-state index in [4.69, 9.17) is 0 Å². The summed E-state index contributed by atoms with van der Waals surface area (Å²) in [6.07, 6.45) is 0.365. The number of likely N-dealkylation sites (N-methyl/N-ethyl adjacent to an activating group) is 1. The van der Waals surface area contributed by atoms with Crippen molar-refractivity contribution in [3.8, 4) is 0 Å². The van der Waals surface area contributed by atoms with Crippen LogP contribution in [0.25, 0.3) is 0 Å². The van der Waals surface area contributed by atoms with E-state index in [0.29, 0.717) is 12.0 Å². The van der Waals surface area contributed by atoms with E-state index in [1.54, 1.807) is 13.1 Å². The number of carbonyl (C=O) groups is 1. The molecule has 1 atom stereocenters. The topological polar surface area (TPSA) is 29.1 Å². The Balaban J connectivity index is 2.93. The second-order valence-electron chi connectivity index (χ2n) is 3.86. The number of rotatable bonds is 4. The van der Waals surface area contributed by atoms with Gasteiger partial charge in [-0.3, -0.25) is 4.79 Å². The molecule has 16 heavy (non-hydrogen) atoms. The molecule has 88 valence electrons. The molecule has 0 saturated heterocycles. The number of Topliss-reactive ketones (excluding diaryl/α,β-unsaturated/α-hetero) is 1. The Hall–Kier alpha value is -1.29. The van der Waals surface area contributed by atoms with E-state index in [1.807, 2.05) is 0 Å². The summed E-state index contributed by atoms with van der Waals surface area (Å²) in [5.41, 5.74) is 0.874. The number of carbonyl (C=O) groups excluding carboxylic acids is 1. The molecule has 2 nitrogen and oxygen atoms in total. The van der Waals surface area contributed by atoms with Crippen LogP contribution in [0.2, 0.25) is 0 Å². The molecule has 0 aromatic heterocycles. The fourth-order valence-electron chi connectivity index (χ4n) is 1.60. The first-order valence-corrected chi connectivity index (χ1v) is 5.08. The standard InChI is InChI=1S/C12H15F2NO/c1-7-4-9(5-10(13)12(7)14)6-11(15-3)8(2)16/h4-5,11,15H,6H2,1-3H3/t11-/m0/s1. The molecule has 0 amide bonds. The highest BCUT2D eigenvalue weighted by Crippen LogP contribution is 2.15. The Labute approximate surface area is 93.7 Å². The minimum atomic E-state index is -0.867. The zero-order valence-corrected chi connectivity index (χ0v) is 9.60. The average Bonchev–Trinajstić information content (AvgIpc) is 2.21. The molecule has 0 aliphatic carbocycles. The van der Waals surface area contributed by atoms with E-state index in [0.717, 1.165) is 6.07 Å². The Bertz CT molecular complexity index is 381.